The van der Waals surface area contributed by atoms with Gasteiger partial charge in [0.05, 0.1) is 4.92 Å². The van der Waals surface area contributed by atoms with E-state index in [9.17, 15) is 10.1 Å². The highest BCUT2D eigenvalue weighted by atomic mass is 35.5. The molecule has 100 valence electrons. The average Bonchev–Trinajstić information content (AvgIpc) is 2.36. The highest BCUT2D eigenvalue weighted by Crippen LogP contribution is 2.24. The lowest BCUT2D eigenvalue weighted by molar-refractivity contribution is -0.385. The SMILES string of the molecule is CCC(C)(CC)NCc1ccc(Cl)cc1[N+](=O)[O-]. The number of hydrogen-bond acceptors (Lipinski definition) is 3. The summed E-state index contributed by atoms with van der Waals surface area (Å²) in [5.41, 5.74) is 0.745. The topological polar surface area (TPSA) is 55.2 Å². The van der Waals surface area contributed by atoms with Crippen LogP contribution in [0.2, 0.25) is 5.02 Å². The molecule has 0 radical (unpaired) electrons. The van der Waals surface area contributed by atoms with Crippen molar-refractivity contribution in [2.75, 3.05) is 0 Å². The van der Waals surface area contributed by atoms with E-state index in [1.807, 2.05) is 0 Å². The van der Waals surface area contributed by atoms with E-state index in [1.54, 1.807) is 12.1 Å². The fraction of sp³-hybridized carbons (Fsp3) is 0.538. The van der Waals surface area contributed by atoms with Gasteiger partial charge in [-0.1, -0.05) is 25.4 Å². The van der Waals surface area contributed by atoms with E-state index in [2.05, 4.69) is 26.1 Å². The quantitative estimate of drug-likeness (QED) is 0.630. The Morgan fingerprint density at radius 3 is 2.50 bits per heavy atom. The van der Waals surface area contributed by atoms with Gasteiger partial charge in [0.15, 0.2) is 0 Å². The Bertz CT molecular complexity index is 431. The van der Waals surface area contributed by atoms with Crippen LogP contribution in [0.4, 0.5) is 5.69 Å². The summed E-state index contributed by atoms with van der Waals surface area (Å²) in [7, 11) is 0. The molecule has 0 aliphatic heterocycles. The van der Waals surface area contributed by atoms with Crippen LogP contribution >= 0.6 is 11.6 Å². The standard InChI is InChI=1S/C13H19ClN2O2/c1-4-13(3,5-2)15-9-10-6-7-11(14)8-12(10)16(17)18/h6-8,15H,4-5,9H2,1-3H3. The minimum Gasteiger partial charge on any atom is -0.307 e. The lowest BCUT2D eigenvalue weighted by Crippen LogP contribution is -2.40. The zero-order valence-corrected chi connectivity index (χ0v) is 11.8. The normalized spacial score (nSPS) is 11.6. The first-order valence-electron chi connectivity index (χ1n) is 6.09. The monoisotopic (exact) mass is 270 g/mol. The maximum atomic E-state index is 11.0. The molecule has 0 heterocycles. The fourth-order valence-electron chi connectivity index (χ4n) is 1.67. The molecule has 0 spiro atoms. The molecule has 0 aromatic heterocycles. The maximum absolute atomic E-state index is 11.0. The lowest BCUT2D eigenvalue weighted by Gasteiger charge is -2.28. The number of nitro benzene ring substituents is 1. The average molecular weight is 271 g/mol. The predicted octanol–water partition coefficient (Wildman–Crippen LogP) is 3.92. The van der Waals surface area contributed by atoms with E-state index in [0.717, 1.165) is 12.8 Å². The Kier molecular flexibility index (Phi) is 5.11. The van der Waals surface area contributed by atoms with Crippen LogP contribution in [0, 0.1) is 10.1 Å². The van der Waals surface area contributed by atoms with Crippen molar-refractivity contribution in [2.45, 2.75) is 45.7 Å². The number of halogens is 1. The van der Waals surface area contributed by atoms with Crippen LogP contribution in [0.3, 0.4) is 0 Å². The van der Waals surface area contributed by atoms with Gasteiger partial charge in [-0.25, -0.2) is 0 Å². The number of hydrogen-bond donors (Lipinski definition) is 1. The third kappa shape index (κ3) is 3.68. The molecule has 18 heavy (non-hydrogen) atoms. The summed E-state index contributed by atoms with van der Waals surface area (Å²) in [5.74, 6) is 0. The highest BCUT2D eigenvalue weighted by Gasteiger charge is 2.21. The third-order valence-electron chi connectivity index (χ3n) is 3.51. The van der Waals surface area contributed by atoms with E-state index >= 15 is 0 Å². The molecule has 5 heteroatoms. The Hall–Kier alpha value is -1.13. The number of nitrogens with zero attached hydrogens (tertiary/aromatic N) is 1. The Morgan fingerprint density at radius 1 is 1.39 bits per heavy atom. The van der Waals surface area contributed by atoms with Gasteiger partial charge in [0.2, 0.25) is 0 Å². The van der Waals surface area contributed by atoms with Gasteiger partial charge in [-0.15, -0.1) is 0 Å². The summed E-state index contributed by atoms with van der Waals surface area (Å²) in [6, 6.07) is 4.79. The lowest BCUT2D eigenvalue weighted by atomic mass is 9.95. The number of benzene rings is 1. The van der Waals surface area contributed by atoms with Gasteiger partial charge in [-0.05, 0) is 31.9 Å². The first-order valence-corrected chi connectivity index (χ1v) is 6.47. The van der Waals surface area contributed by atoms with Gasteiger partial charge in [-0.3, -0.25) is 10.1 Å². The van der Waals surface area contributed by atoms with Gasteiger partial charge in [0.1, 0.15) is 0 Å². The zero-order valence-electron chi connectivity index (χ0n) is 11.0. The molecular weight excluding hydrogens is 252 g/mol. The largest absolute Gasteiger partial charge is 0.307 e. The van der Waals surface area contributed by atoms with Crippen molar-refractivity contribution in [3.63, 3.8) is 0 Å². The molecule has 0 unspecified atom stereocenters. The molecule has 1 N–H and O–H groups in total. The molecule has 0 saturated heterocycles. The minimum absolute atomic E-state index is 0.00745. The predicted molar refractivity (Wildman–Crippen MR) is 73.9 cm³/mol. The smallest absolute Gasteiger partial charge is 0.275 e. The molecule has 0 aliphatic rings. The van der Waals surface area contributed by atoms with Gasteiger partial charge in [0, 0.05) is 28.7 Å². The van der Waals surface area contributed by atoms with Crippen LogP contribution in [-0.2, 0) is 6.54 Å². The molecule has 0 fully saturated rings. The molecule has 1 rings (SSSR count). The van der Waals surface area contributed by atoms with Crippen LogP contribution in [-0.4, -0.2) is 10.5 Å². The molecule has 0 aliphatic carbocycles. The molecule has 0 bridgehead atoms. The Balaban J connectivity index is 2.88. The first kappa shape index (κ1) is 14.9. The first-order chi connectivity index (χ1) is 8.41. The molecular formula is C13H19ClN2O2. The molecule has 0 amide bonds. The second kappa shape index (κ2) is 6.16. The number of nitro groups is 1. The van der Waals surface area contributed by atoms with Crippen molar-refractivity contribution >= 4 is 17.3 Å². The molecule has 0 atom stereocenters. The van der Waals surface area contributed by atoms with Crippen molar-refractivity contribution in [2.24, 2.45) is 0 Å². The summed E-state index contributed by atoms with van der Waals surface area (Å²) >= 11 is 5.78. The molecule has 4 nitrogen and oxygen atoms in total. The Morgan fingerprint density at radius 2 is 2.00 bits per heavy atom. The summed E-state index contributed by atoms with van der Waals surface area (Å²) in [5, 5.41) is 14.7. The van der Waals surface area contributed by atoms with Crippen LogP contribution in [0.15, 0.2) is 18.2 Å². The summed E-state index contributed by atoms with van der Waals surface area (Å²) in [6.07, 6.45) is 1.95. The highest BCUT2D eigenvalue weighted by molar-refractivity contribution is 6.30. The summed E-state index contributed by atoms with van der Waals surface area (Å²) < 4.78 is 0. The van der Waals surface area contributed by atoms with Crippen LogP contribution in [0.5, 0.6) is 0 Å². The molecule has 1 aromatic carbocycles. The molecule has 1 aromatic rings. The number of nitrogens with one attached hydrogen (secondary N) is 1. The minimum atomic E-state index is -0.391. The van der Waals surface area contributed by atoms with Crippen LogP contribution < -0.4 is 5.32 Å². The van der Waals surface area contributed by atoms with Gasteiger partial charge in [-0.2, -0.15) is 0 Å². The van der Waals surface area contributed by atoms with E-state index in [-0.39, 0.29) is 11.2 Å². The van der Waals surface area contributed by atoms with Crippen molar-refractivity contribution in [3.05, 3.63) is 38.9 Å². The van der Waals surface area contributed by atoms with Crippen molar-refractivity contribution in [1.82, 2.24) is 5.32 Å². The van der Waals surface area contributed by atoms with Crippen molar-refractivity contribution in [1.29, 1.82) is 0 Å². The summed E-state index contributed by atoms with van der Waals surface area (Å²) in [6.45, 7) is 6.81. The van der Waals surface area contributed by atoms with Crippen molar-refractivity contribution < 1.29 is 4.92 Å². The van der Waals surface area contributed by atoms with Gasteiger partial charge >= 0.3 is 0 Å². The van der Waals surface area contributed by atoms with Gasteiger partial charge < -0.3 is 5.32 Å². The van der Waals surface area contributed by atoms with E-state index < -0.39 is 4.92 Å². The maximum Gasteiger partial charge on any atom is 0.275 e. The van der Waals surface area contributed by atoms with E-state index in [4.69, 9.17) is 11.6 Å². The van der Waals surface area contributed by atoms with Crippen LogP contribution in [0.25, 0.3) is 0 Å². The third-order valence-corrected chi connectivity index (χ3v) is 3.75. The summed E-state index contributed by atoms with van der Waals surface area (Å²) in [4.78, 5) is 10.6. The second-order valence-electron chi connectivity index (χ2n) is 4.65. The number of rotatable bonds is 6. The zero-order chi connectivity index (χ0) is 13.8. The van der Waals surface area contributed by atoms with E-state index in [1.165, 1.54) is 6.07 Å². The Labute approximate surface area is 112 Å². The van der Waals surface area contributed by atoms with Crippen molar-refractivity contribution in [3.8, 4) is 0 Å². The second-order valence-corrected chi connectivity index (χ2v) is 5.09. The van der Waals surface area contributed by atoms with Crippen LogP contribution in [0.1, 0.15) is 39.2 Å². The molecule has 0 saturated carbocycles. The fourth-order valence-corrected chi connectivity index (χ4v) is 1.83. The van der Waals surface area contributed by atoms with Gasteiger partial charge in [0.25, 0.3) is 5.69 Å². The van der Waals surface area contributed by atoms with E-state index in [0.29, 0.717) is 17.1 Å².